The van der Waals surface area contributed by atoms with E-state index in [1.54, 1.807) is 0 Å². The van der Waals surface area contributed by atoms with Gasteiger partial charge in [-0.05, 0) is 57.8 Å². The van der Waals surface area contributed by atoms with E-state index in [1.165, 1.54) is 0 Å². The highest BCUT2D eigenvalue weighted by atomic mass is 15.3. The van der Waals surface area contributed by atoms with Crippen LogP contribution in [0.25, 0.3) is 0 Å². The van der Waals surface area contributed by atoms with Crippen molar-refractivity contribution in [1.82, 2.24) is 4.90 Å². The third-order valence-corrected chi connectivity index (χ3v) is 5.31. The minimum Gasteiger partial charge on any atom is -0.293 e. The molecular formula is C17H35N. The SMILES string of the molecule is CC1C(C)N(C(C)(C)C)C(C)C(C)C1C(C)(C)C. The second-order valence-corrected chi connectivity index (χ2v) is 8.67. The molecule has 108 valence electrons. The van der Waals surface area contributed by atoms with Crippen LogP contribution in [-0.4, -0.2) is 22.5 Å². The quantitative estimate of drug-likeness (QED) is 0.599. The molecule has 18 heavy (non-hydrogen) atoms. The van der Waals surface area contributed by atoms with Crippen molar-refractivity contribution >= 4 is 0 Å². The van der Waals surface area contributed by atoms with Crippen LogP contribution >= 0.6 is 0 Å². The normalized spacial score (nSPS) is 40.0. The van der Waals surface area contributed by atoms with E-state index >= 15 is 0 Å². The van der Waals surface area contributed by atoms with Crippen LogP contribution < -0.4 is 0 Å². The summed E-state index contributed by atoms with van der Waals surface area (Å²) in [5, 5.41) is 0. The highest BCUT2D eigenvalue weighted by molar-refractivity contribution is 5.00. The molecular weight excluding hydrogens is 218 g/mol. The average Bonchev–Trinajstić information content (AvgIpc) is 2.10. The fraction of sp³-hybridized carbons (Fsp3) is 1.00. The maximum Gasteiger partial charge on any atom is 0.0130 e. The summed E-state index contributed by atoms with van der Waals surface area (Å²) in [5.41, 5.74) is 0.676. The van der Waals surface area contributed by atoms with Gasteiger partial charge in [0, 0.05) is 17.6 Å². The summed E-state index contributed by atoms with van der Waals surface area (Å²) in [5.74, 6) is 2.33. The summed E-state index contributed by atoms with van der Waals surface area (Å²) in [6, 6.07) is 1.33. The van der Waals surface area contributed by atoms with Crippen molar-refractivity contribution in [3.63, 3.8) is 0 Å². The fourth-order valence-electron chi connectivity index (χ4n) is 4.76. The Morgan fingerprint density at radius 3 is 1.22 bits per heavy atom. The first-order chi connectivity index (χ1) is 7.89. The highest BCUT2D eigenvalue weighted by Crippen LogP contribution is 2.47. The predicted molar refractivity (Wildman–Crippen MR) is 81.8 cm³/mol. The molecule has 1 nitrogen and oxygen atoms in total. The first-order valence-corrected chi connectivity index (χ1v) is 7.67. The van der Waals surface area contributed by atoms with E-state index in [0.717, 1.165) is 17.8 Å². The molecule has 1 fully saturated rings. The standard InChI is InChI=1S/C17H35N/c1-11-13(3)18(17(8,9)10)14(4)12(2)15(11)16(5,6)7/h11-15H,1-10H3. The minimum absolute atomic E-state index is 0.268. The van der Waals surface area contributed by atoms with Gasteiger partial charge < -0.3 is 0 Å². The lowest BCUT2D eigenvalue weighted by Crippen LogP contribution is -2.63. The first kappa shape index (κ1) is 16.0. The maximum absolute atomic E-state index is 2.74. The van der Waals surface area contributed by atoms with Gasteiger partial charge in [-0.25, -0.2) is 0 Å². The Bertz CT molecular complexity index is 235. The van der Waals surface area contributed by atoms with Crippen LogP contribution in [0.15, 0.2) is 0 Å². The molecule has 0 amide bonds. The molecule has 0 saturated carbocycles. The molecule has 1 heteroatoms. The van der Waals surface area contributed by atoms with E-state index in [1.807, 2.05) is 0 Å². The van der Waals surface area contributed by atoms with E-state index < -0.39 is 0 Å². The zero-order valence-electron chi connectivity index (χ0n) is 14.3. The molecule has 0 spiro atoms. The summed E-state index contributed by atoms with van der Waals surface area (Å²) >= 11 is 0. The summed E-state index contributed by atoms with van der Waals surface area (Å²) in [4.78, 5) is 2.74. The monoisotopic (exact) mass is 253 g/mol. The van der Waals surface area contributed by atoms with Gasteiger partial charge in [-0.15, -0.1) is 0 Å². The molecule has 1 heterocycles. The van der Waals surface area contributed by atoms with Crippen LogP contribution in [0.4, 0.5) is 0 Å². The van der Waals surface area contributed by atoms with Crippen LogP contribution in [0.2, 0.25) is 0 Å². The van der Waals surface area contributed by atoms with E-state index in [4.69, 9.17) is 0 Å². The van der Waals surface area contributed by atoms with Gasteiger partial charge in [-0.1, -0.05) is 34.6 Å². The molecule has 1 aliphatic rings. The Morgan fingerprint density at radius 1 is 0.667 bits per heavy atom. The summed E-state index contributed by atoms with van der Waals surface area (Å²) in [7, 11) is 0. The predicted octanol–water partition coefficient (Wildman–Crippen LogP) is 4.81. The maximum atomic E-state index is 2.74. The summed E-state index contributed by atoms with van der Waals surface area (Å²) in [6.07, 6.45) is 0. The molecule has 0 aliphatic carbocycles. The van der Waals surface area contributed by atoms with Crippen LogP contribution in [0.1, 0.15) is 69.2 Å². The lowest BCUT2D eigenvalue weighted by Gasteiger charge is -2.58. The van der Waals surface area contributed by atoms with Crippen molar-refractivity contribution in [3.8, 4) is 0 Å². The van der Waals surface area contributed by atoms with Crippen molar-refractivity contribution in [2.45, 2.75) is 86.9 Å². The smallest absolute Gasteiger partial charge is 0.0130 e. The molecule has 1 saturated heterocycles. The zero-order valence-corrected chi connectivity index (χ0v) is 14.3. The third kappa shape index (κ3) is 2.76. The number of rotatable bonds is 0. The van der Waals surface area contributed by atoms with Crippen molar-refractivity contribution in [2.75, 3.05) is 0 Å². The lowest BCUT2D eigenvalue weighted by molar-refractivity contribution is -0.0987. The Kier molecular flexibility index (Phi) is 4.28. The van der Waals surface area contributed by atoms with E-state index in [2.05, 4.69) is 74.1 Å². The van der Waals surface area contributed by atoms with E-state index in [9.17, 15) is 0 Å². The number of hydrogen-bond acceptors (Lipinski definition) is 1. The van der Waals surface area contributed by atoms with Gasteiger partial charge >= 0.3 is 0 Å². The van der Waals surface area contributed by atoms with Gasteiger partial charge in [-0.3, -0.25) is 4.90 Å². The third-order valence-electron chi connectivity index (χ3n) is 5.31. The highest BCUT2D eigenvalue weighted by Gasteiger charge is 2.48. The molecule has 1 rings (SSSR count). The van der Waals surface area contributed by atoms with Gasteiger partial charge in [0.05, 0.1) is 0 Å². The molecule has 4 atom stereocenters. The van der Waals surface area contributed by atoms with E-state index in [0.29, 0.717) is 17.5 Å². The molecule has 0 aromatic rings. The largest absolute Gasteiger partial charge is 0.293 e. The van der Waals surface area contributed by atoms with Crippen molar-refractivity contribution in [1.29, 1.82) is 0 Å². The van der Waals surface area contributed by atoms with Crippen LogP contribution in [0.3, 0.4) is 0 Å². The second kappa shape index (κ2) is 4.81. The molecule has 0 bridgehead atoms. The van der Waals surface area contributed by atoms with Crippen molar-refractivity contribution < 1.29 is 0 Å². The second-order valence-electron chi connectivity index (χ2n) is 8.67. The number of hydrogen-bond donors (Lipinski definition) is 0. The van der Waals surface area contributed by atoms with Crippen LogP contribution in [0.5, 0.6) is 0 Å². The Balaban J connectivity index is 3.11. The van der Waals surface area contributed by atoms with E-state index in [-0.39, 0.29) is 5.54 Å². The van der Waals surface area contributed by atoms with Gasteiger partial charge in [-0.2, -0.15) is 0 Å². The molecule has 1 aliphatic heterocycles. The lowest BCUT2D eigenvalue weighted by atomic mass is 9.60. The topological polar surface area (TPSA) is 3.24 Å². The number of piperidine rings is 1. The Hall–Kier alpha value is -0.0400. The molecule has 4 unspecified atom stereocenters. The number of nitrogens with zero attached hydrogens (tertiary/aromatic N) is 1. The van der Waals surface area contributed by atoms with Gasteiger partial charge in [0.1, 0.15) is 0 Å². The molecule has 0 aromatic carbocycles. The zero-order chi connectivity index (χ0) is 14.5. The molecule has 0 aromatic heterocycles. The van der Waals surface area contributed by atoms with Crippen molar-refractivity contribution in [3.05, 3.63) is 0 Å². The Morgan fingerprint density at radius 2 is 1.00 bits per heavy atom. The first-order valence-electron chi connectivity index (χ1n) is 7.67. The molecule has 0 radical (unpaired) electrons. The van der Waals surface area contributed by atoms with Crippen molar-refractivity contribution in [2.24, 2.45) is 23.2 Å². The van der Waals surface area contributed by atoms with Gasteiger partial charge in [0.25, 0.3) is 0 Å². The Labute approximate surface area is 115 Å². The fourth-order valence-corrected chi connectivity index (χ4v) is 4.76. The summed E-state index contributed by atoms with van der Waals surface area (Å²) in [6.45, 7) is 24.1. The number of likely N-dealkylation sites (tertiary alicyclic amines) is 1. The van der Waals surface area contributed by atoms with Gasteiger partial charge in [0.2, 0.25) is 0 Å². The van der Waals surface area contributed by atoms with Gasteiger partial charge in [0.15, 0.2) is 0 Å². The van der Waals surface area contributed by atoms with Crippen LogP contribution in [0, 0.1) is 23.2 Å². The van der Waals surface area contributed by atoms with Crippen LogP contribution in [-0.2, 0) is 0 Å². The summed E-state index contributed by atoms with van der Waals surface area (Å²) < 4.78 is 0. The minimum atomic E-state index is 0.268. The average molecular weight is 253 g/mol. The molecule has 0 N–H and O–H groups in total.